The van der Waals surface area contributed by atoms with Gasteiger partial charge in [-0.15, -0.1) is 11.3 Å². The largest absolute Gasteiger partial charge is 0.481 e. The molecule has 6 heterocycles. The minimum absolute atomic E-state index is 0.0245. The molecule has 3 aliphatic rings. The van der Waals surface area contributed by atoms with Crippen molar-refractivity contribution in [3.05, 3.63) is 39.3 Å². The molecule has 0 spiro atoms. The molecule has 0 aliphatic carbocycles. The number of hydrogen-bond donors (Lipinski definition) is 2. The van der Waals surface area contributed by atoms with E-state index in [-0.39, 0.29) is 29.7 Å². The van der Waals surface area contributed by atoms with Gasteiger partial charge in [0.25, 0.3) is 5.91 Å². The molecule has 2 unspecified atom stereocenters. The molecule has 15 heteroatoms. The lowest BCUT2D eigenvalue weighted by Crippen LogP contribution is -2.50. The number of likely N-dealkylation sites (tertiary alicyclic amines) is 1. The van der Waals surface area contributed by atoms with Crippen LogP contribution in [0.25, 0.3) is 10.6 Å². The molecule has 3 aromatic rings. The number of nitrogens with one attached hydrogen (secondary N) is 1. The Balaban J connectivity index is 1.18. The van der Waals surface area contributed by atoms with Crippen LogP contribution in [0.15, 0.2) is 23.7 Å². The first kappa shape index (κ1) is 30.9. The van der Waals surface area contributed by atoms with Gasteiger partial charge in [0.1, 0.15) is 22.1 Å². The summed E-state index contributed by atoms with van der Waals surface area (Å²) in [4.78, 5) is 53.5. The molecule has 11 nitrogen and oxygen atoms in total. The highest BCUT2D eigenvalue weighted by Gasteiger charge is 2.48. The third kappa shape index (κ3) is 6.33. The lowest BCUT2D eigenvalue weighted by molar-refractivity contribution is -0.142. The van der Waals surface area contributed by atoms with E-state index >= 15 is 0 Å². The van der Waals surface area contributed by atoms with Crippen molar-refractivity contribution in [1.29, 1.82) is 0 Å². The second-order valence-electron chi connectivity index (χ2n) is 12.2. The summed E-state index contributed by atoms with van der Waals surface area (Å²) in [5.74, 6) is -1.02. The molecule has 3 aromatic heterocycles. The van der Waals surface area contributed by atoms with Gasteiger partial charge in [0.15, 0.2) is 5.13 Å². The van der Waals surface area contributed by atoms with E-state index in [4.69, 9.17) is 32.9 Å². The van der Waals surface area contributed by atoms with Crippen molar-refractivity contribution in [2.75, 3.05) is 41.3 Å². The second kappa shape index (κ2) is 12.0. The number of aliphatic carboxylic acids is 1. The minimum atomic E-state index is -0.786. The Morgan fingerprint density at radius 3 is 2.45 bits per heavy atom. The maximum absolute atomic E-state index is 13.3. The maximum Gasteiger partial charge on any atom is 0.410 e. The molecule has 0 aromatic carbocycles. The van der Waals surface area contributed by atoms with E-state index in [0.29, 0.717) is 60.0 Å². The highest BCUT2D eigenvalue weighted by Crippen LogP contribution is 2.46. The number of hydrogen-bond acceptors (Lipinski definition) is 10. The van der Waals surface area contributed by atoms with Gasteiger partial charge in [-0.3, -0.25) is 14.9 Å². The van der Waals surface area contributed by atoms with Crippen LogP contribution in [0.4, 0.5) is 20.7 Å². The number of anilines is 3. The molecule has 0 saturated carbocycles. The van der Waals surface area contributed by atoms with Crippen LogP contribution in [0.1, 0.15) is 50.4 Å². The first-order valence-electron chi connectivity index (χ1n) is 14.3. The summed E-state index contributed by atoms with van der Waals surface area (Å²) in [6.45, 7) is 7.83. The maximum atomic E-state index is 13.3. The number of piperazine rings is 1. The van der Waals surface area contributed by atoms with Crippen molar-refractivity contribution in [3.63, 3.8) is 0 Å². The summed E-state index contributed by atoms with van der Waals surface area (Å²) in [5.41, 5.74) is 0.452. The van der Waals surface area contributed by atoms with Crippen LogP contribution in [0.5, 0.6) is 0 Å². The fourth-order valence-electron chi connectivity index (χ4n) is 5.91. The molecule has 2 amide bonds. The molecule has 6 rings (SSSR count). The first-order chi connectivity index (χ1) is 20.9. The molecule has 2 N–H and O–H groups in total. The van der Waals surface area contributed by atoms with E-state index in [2.05, 4.69) is 15.2 Å². The van der Waals surface area contributed by atoms with Crippen LogP contribution in [0.2, 0.25) is 10.0 Å². The van der Waals surface area contributed by atoms with Gasteiger partial charge >= 0.3 is 12.1 Å². The van der Waals surface area contributed by atoms with Crippen molar-refractivity contribution in [2.24, 2.45) is 5.92 Å². The number of carbonyl (C=O) groups excluding carboxylic acids is 2. The second-order valence-corrected chi connectivity index (χ2v) is 14.9. The van der Waals surface area contributed by atoms with Gasteiger partial charge in [-0.1, -0.05) is 34.5 Å². The zero-order chi connectivity index (χ0) is 31.3. The fourth-order valence-corrected chi connectivity index (χ4v) is 8.38. The molecule has 234 valence electrons. The topological polar surface area (TPSA) is 128 Å². The number of thiazole rings is 1. The quantitative estimate of drug-likeness (QED) is 0.308. The number of thiophene rings is 1. The average molecular weight is 680 g/mol. The summed E-state index contributed by atoms with van der Waals surface area (Å²) in [6.07, 6.45) is 3.03. The van der Waals surface area contributed by atoms with E-state index < -0.39 is 17.5 Å². The van der Waals surface area contributed by atoms with Gasteiger partial charge in [-0.25, -0.2) is 14.8 Å². The van der Waals surface area contributed by atoms with Crippen LogP contribution < -0.4 is 15.1 Å². The van der Waals surface area contributed by atoms with Crippen LogP contribution >= 0.6 is 45.9 Å². The molecule has 2 atom stereocenters. The number of halogens is 2. The Bertz CT molecular complexity index is 1600. The van der Waals surface area contributed by atoms with Gasteiger partial charge in [-0.2, -0.15) is 0 Å². The zero-order valence-corrected chi connectivity index (χ0v) is 27.5. The van der Waals surface area contributed by atoms with Crippen molar-refractivity contribution in [3.8, 4) is 10.6 Å². The number of aromatic nitrogens is 2. The van der Waals surface area contributed by atoms with Gasteiger partial charge in [0, 0.05) is 43.8 Å². The van der Waals surface area contributed by atoms with E-state index in [0.717, 1.165) is 22.0 Å². The number of carbonyl (C=O) groups is 3. The number of piperidine rings is 1. The summed E-state index contributed by atoms with van der Waals surface area (Å²) in [6, 6.07) is 3.55. The van der Waals surface area contributed by atoms with Crippen LogP contribution in [0, 0.1) is 5.92 Å². The number of nitrogens with zero attached hydrogens (tertiary/aromatic N) is 5. The van der Waals surface area contributed by atoms with Crippen molar-refractivity contribution in [1.82, 2.24) is 14.9 Å². The SMILES string of the molecule is CC(C)(C)OC(=O)N1CC2CC1CN2c1sc(NC(=O)c2cnc(N3CCC(C(=O)O)CC3)c(Cl)c2)nc1-c1cc(Cl)cs1. The standard InChI is InChI=1S/C29H32Cl2N6O5S2/c1-29(2,3)42-28(41)37-13-18-10-19(37)12-36(18)25-22(21-9-17(30)14-43-21)33-27(44-25)34-24(38)16-8-20(31)23(32-11-16)35-6-4-15(5-7-35)26(39)40/h8-9,11,14-15,18-19H,4-7,10,12-13H2,1-3H3,(H,39,40)(H,33,34,38). The molecule has 0 radical (unpaired) electrons. The summed E-state index contributed by atoms with van der Waals surface area (Å²) in [5, 5.41) is 16.3. The van der Waals surface area contributed by atoms with E-state index in [1.54, 1.807) is 6.07 Å². The predicted octanol–water partition coefficient (Wildman–Crippen LogP) is 6.32. The summed E-state index contributed by atoms with van der Waals surface area (Å²) in [7, 11) is 0. The number of amides is 2. The third-order valence-electron chi connectivity index (χ3n) is 7.99. The van der Waals surface area contributed by atoms with E-state index in [9.17, 15) is 19.5 Å². The van der Waals surface area contributed by atoms with Crippen LogP contribution in [-0.2, 0) is 9.53 Å². The summed E-state index contributed by atoms with van der Waals surface area (Å²) < 4.78 is 5.62. The Morgan fingerprint density at radius 1 is 1.11 bits per heavy atom. The lowest BCUT2D eigenvalue weighted by atomic mass is 9.97. The molecular formula is C29H32Cl2N6O5S2. The highest BCUT2D eigenvalue weighted by atomic mass is 35.5. The third-order valence-corrected chi connectivity index (χ3v) is 10.6. The van der Waals surface area contributed by atoms with Gasteiger partial charge < -0.3 is 24.5 Å². The van der Waals surface area contributed by atoms with Crippen molar-refractivity contribution in [2.45, 2.75) is 57.7 Å². The number of fused-ring (bicyclic) bond motifs is 2. The van der Waals surface area contributed by atoms with Gasteiger partial charge in [0.2, 0.25) is 0 Å². The number of carboxylic acid groups (broad SMARTS) is 1. The fraction of sp³-hybridized carbons (Fsp3) is 0.483. The molecular weight excluding hydrogens is 647 g/mol. The summed E-state index contributed by atoms with van der Waals surface area (Å²) >= 11 is 15.7. The average Bonchev–Trinajstić information content (AvgIpc) is 3.76. The van der Waals surface area contributed by atoms with Gasteiger partial charge in [-0.05, 0) is 52.2 Å². The Kier molecular flexibility index (Phi) is 8.42. The Hall–Kier alpha value is -3.13. The van der Waals surface area contributed by atoms with Crippen molar-refractivity contribution >= 4 is 79.8 Å². The van der Waals surface area contributed by atoms with E-state index in [1.165, 1.54) is 28.9 Å². The highest BCUT2D eigenvalue weighted by molar-refractivity contribution is 7.21. The minimum Gasteiger partial charge on any atom is -0.481 e. The number of ether oxygens (including phenoxy) is 1. The molecule has 44 heavy (non-hydrogen) atoms. The molecule has 3 fully saturated rings. The first-order valence-corrected chi connectivity index (χ1v) is 16.8. The predicted molar refractivity (Wildman–Crippen MR) is 173 cm³/mol. The molecule has 3 aliphatic heterocycles. The Labute approximate surface area is 272 Å². The normalized spacial score (nSPS) is 20.3. The van der Waals surface area contributed by atoms with Gasteiger partial charge in [0.05, 0.1) is 32.4 Å². The Morgan fingerprint density at radius 2 is 1.86 bits per heavy atom. The van der Waals surface area contributed by atoms with Crippen LogP contribution in [-0.4, -0.2) is 81.8 Å². The zero-order valence-electron chi connectivity index (χ0n) is 24.4. The molecule has 3 saturated heterocycles. The number of pyridine rings is 1. The lowest BCUT2D eigenvalue weighted by Gasteiger charge is -2.35. The van der Waals surface area contributed by atoms with Crippen molar-refractivity contribution < 1.29 is 24.2 Å². The number of rotatable bonds is 6. The monoisotopic (exact) mass is 678 g/mol. The van der Waals surface area contributed by atoms with E-state index in [1.807, 2.05) is 42.0 Å². The molecule has 2 bridgehead atoms. The number of carboxylic acids is 1. The van der Waals surface area contributed by atoms with Crippen LogP contribution in [0.3, 0.4) is 0 Å². The smallest absolute Gasteiger partial charge is 0.410 e.